The minimum absolute atomic E-state index is 0.111. The van der Waals surface area contributed by atoms with Crippen molar-refractivity contribution in [3.05, 3.63) is 51.5 Å². The van der Waals surface area contributed by atoms with E-state index in [1.807, 2.05) is 31.2 Å². The molecule has 0 saturated heterocycles. The van der Waals surface area contributed by atoms with Gasteiger partial charge in [0.05, 0.1) is 16.9 Å². The van der Waals surface area contributed by atoms with Crippen LogP contribution in [0.2, 0.25) is 5.02 Å². The van der Waals surface area contributed by atoms with E-state index in [0.717, 1.165) is 21.0 Å². The molecule has 1 N–H and O–H groups in total. The zero-order chi connectivity index (χ0) is 12.7. The Bertz CT molecular complexity index is 791. The highest BCUT2D eigenvalue weighted by Crippen LogP contribution is 2.36. The van der Waals surface area contributed by atoms with Crippen molar-refractivity contribution in [2.45, 2.75) is 6.92 Å². The normalized spacial score (nSPS) is 11.0. The number of aryl methyl sites for hydroxylation is 1. The summed E-state index contributed by atoms with van der Waals surface area (Å²) < 4.78 is 0.630. The smallest absolute Gasteiger partial charge is 0.268 e. The number of halogens is 1. The Morgan fingerprint density at radius 1 is 1.39 bits per heavy atom. The summed E-state index contributed by atoms with van der Waals surface area (Å²) in [4.78, 5) is 19.3. The summed E-state index contributed by atoms with van der Waals surface area (Å²) in [7, 11) is 0. The molecule has 0 saturated carbocycles. The number of aromatic nitrogens is 2. The van der Waals surface area contributed by atoms with Gasteiger partial charge in [0, 0.05) is 10.4 Å². The SMILES string of the molecule is Cc1cccc(-c2cc3nc[nH]c(=O)c3s2)c1Cl. The van der Waals surface area contributed by atoms with Gasteiger partial charge >= 0.3 is 0 Å². The van der Waals surface area contributed by atoms with Crippen LogP contribution >= 0.6 is 22.9 Å². The van der Waals surface area contributed by atoms with E-state index >= 15 is 0 Å². The first-order valence-corrected chi connectivity index (χ1v) is 6.59. The number of thiophene rings is 1. The van der Waals surface area contributed by atoms with E-state index < -0.39 is 0 Å². The lowest BCUT2D eigenvalue weighted by Crippen LogP contribution is -2.02. The molecule has 0 aliphatic rings. The Labute approximate surface area is 112 Å². The van der Waals surface area contributed by atoms with Gasteiger partial charge < -0.3 is 4.98 Å². The van der Waals surface area contributed by atoms with Crippen molar-refractivity contribution in [1.82, 2.24) is 9.97 Å². The van der Waals surface area contributed by atoms with Crippen molar-refractivity contribution < 1.29 is 0 Å². The molecular formula is C13H9ClN2OS. The summed E-state index contributed by atoms with van der Waals surface area (Å²) in [6.45, 7) is 1.96. The predicted molar refractivity (Wildman–Crippen MR) is 75.4 cm³/mol. The highest BCUT2D eigenvalue weighted by atomic mass is 35.5. The molecule has 0 aliphatic heterocycles. The van der Waals surface area contributed by atoms with Gasteiger partial charge in [-0.2, -0.15) is 0 Å². The molecular weight excluding hydrogens is 268 g/mol. The van der Waals surface area contributed by atoms with Crippen molar-refractivity contribution in [3.63, 3.8) is 0 Å². The molecule has 2 aromatic heterocycles. The minimum atomic E-state index is -0.111. The second kappa shape index (κ2) is 4.23. The Morgan fingerprint density at radius 2 is 2.22 bits per heavy atom. The van der Waals surface area contributed by atoms with Gasteiger partial charge in [-0.1, -0.05) is 29.8 Å². The number of H-pyrrole nitrogens is 1. The first kappa shape index (κ1) is 11.4. The van der Waals surface area contributed by atoms with Crippen molar-refractivity contribution >= 4 is 33.2 Å². The molecule has 90 valence electrons. The topological polar surface area (TPSA) is 45.8 Å². The third-order valence-electron chi connectivity index (χ3n) is 2.78. The first-order chi connectivity index (χ1) is 8.66. The average molecular weight is 277 g/mol. The Kier molecular flexibility index (Phi) is 2.69. The molecule has 0 atom stereocenters. The molecule has 0 unspecified atom stereocenters. The second-order valence-electron chi connectivity index (χ2n) is 3.99. The average Bonchev–Trinajstić information content (AvgIpc) is 2.78. The Balaban J connectivity index is 2.29. The highest BCUT2D eigenvalue weighted by molar-refractivity contribution is 7.22. The Morgan fingerprint density at radius 3 is 3.00 bits per heavy atom. The standard InChI is InChI=1S/C13H9ClN2OS/c1-7-3-2-4-8(11(7)14)10-5-9-12(18-10)13(17)16-6-15-9/h2-6H,1H3,(H,15,16,17). The molecule has 0 radical (unpaired) electrons. The van der Waals surface area contributed by atoms with Crippen LogP contribution < -0.4 is 5.56 Å². The summed E-state index contributed by atoms with van der Waals surface area (Å²) in [5.74, 6) is 0. The molecule has 3 aromatic rings. The Hall–Kier alpha value is -1.65. The highest BCUT2D eigenvalue weighted by Gasteiger charge is 2.11. The van der Waals surface area contributed by atoms with Crippen LogP contribution in [0.3, 0.4) is 0 Å². The molecule has 0 aliphatic carbocycles. The fraction of sp³-hybridized carbons (Fsp3) is 0.0769. The van der Waals surface area contributed by atoms with Crippen LogP contribution in [0.15, 0.2) is 35.4 Å². The van der Waals surface area contributed by atoms with E-state index in [9.17, 15) is 4.79 Å². The molecule has 0 spiro atoms. The molecule has 3 rings (SSSR count). The van der Waals surface area contributed by atoms with E-state index in [0.29, 0.717) is 10.2 Å². The monoisotopic (exact) mass is 276 g/mol. The molecule has 2 heterocycles. The van der Waals surface area contributed by atoms with E-state index in [1.165, 1.54) is 17.7 Å². The first-order valence-electron chi connectivity index (χ1n) is 5.39. The minimum Gasteiger partial charge on any atom is -0.312 e. The van der Waals surface area contributed by atoms with Crippen LogP contribution in [0.4, 0.5) is 0 Å². The maximum atomic E-state index is 11.7. The zero-order valence-electron chi connectivity index (χ0n) is 9.53. The summed E-state index contributed by atoms with van der Waals surface area (Å²) in [5, 5.41) is 0.723. The molecule has 5 heteroatoms. The summed E-state index contributed by atoms with van der Waals surface area (Å²) in [6.07, 6.45) is 1.42. The quantitative estimate of drug-likeness (QED) is 0.738. The number of hydrogen-bond acceptors (Lipinski definition) is 3. The van der Waals surface area contributed by atoms with Gasteiger partial charge in [0.2, 0.25) is 0 Å². The van der Waals surface area contributed by atoms with Crippen molar-refractivity contribution in [3.8, 4) is 10.4 Å². The second-order valence-corrected chi connectivity index (χ2v) is 5.42. The summed E-state index contributed by atoms with van der Waals surface area (Å²) in [6, 6.07) is 7.77. The fourth-order valence-corrected chi connectivity index (χ4v) is 3.16. The zero-order valence-corrected chi connectivity index (χ0v) is 11.1. The van der Waals surface area contributed by atoms with E-state index in [1.54, 1.807) is 0 Å². The van der Waals surface area contributed by atoms with Crippen molar-refractivity contribution in [2.24, 2.45) is 0 Å². The predicted octanol–water partition coefficient (Wildman–Crippen LogP) is 3.61. The number of benzene rings is 1. The lowest BCUT2D eigenvalue weighted by atomic mass is 10.1. The van der Waals surface area contributed by atoms with Crippen molar-refractivity contribution in [2.75, 3.05) is 0 Å². The molecule has 3 nitrogen and oxygen atoms in total. The van der Waals surface area contributed by atoms with Crippen LogP contribution in [0.25, 0.3) is 20.7 Å². The number of fused-ring (bicyclic) bond motifs is 1. The maximum Gasteiger partial charge on any atom is 0.268 e. The van der Waals surface area contributed by atoms with Gasteiger partial charge in [-0.25, -0.2) is 4.98 Å². The molecule has 0 amide bonds. The molecule has 0 fully saturated rings. The van der Waals surface area contributed by atoms with Crippen LogP contribution in [0, 0.1) is 6.92 Å². The summed E-state index contributed by atoms with van der Waals surface area (Å²) in [5.41, 5.74) is 2.56. The molecule has 18 heavy (non-hydrogen) atoms. The lowest BCUT2D eigenvalue weighted by Gasteiger charge is -2.03. The van der Waals surface area contributed by atoms with Gasteiger partial charge in [0.1, 0.15) is 4.70 Å². The van der Waals surface area contributed by atoms with Crippen LogP contribution in [0.5, 0.6) is 0 Å². The van der Waals surface area contributed by atoms with E-state index in [2.05, 4.69) is 9.97 Å². The van der Waals surface area contributed by atoms with Gasteiger partial charge in [-0.15, -0.1) is 11.3 Å². The third-order valence-corrected chi connectivity index (χ3v) is 4.43. The number of nitrogens with zero attached hydrogens (tertiary/aromatic N) is 1. The lowest BCUT2D eigenvalue weighted by molar-refractivity contribution is 1.18. The number of aromatic amines is 1. The fourth-order valence-electron chi connectivity index (χ4n) is 1.84. The van der Waals surface area contributed by atoms with E-state index in [4.69, 9.17) is 11.6 Å². The summed E-state index contributed by atoms with van der Waals surface area (Å²) >= 11 is 7.70. The number of rotatable bonds is 1. The van der Waals surface area contributed by atoms with E-state index in [-0.39, 0.29) is 5.56 Å². The largest absolute Gasteiger partial charge is 0.312 e. The van der Waals surface area contributed by atoms with Crippen LogP contribution in [-0.4, -0.2) is 9.97 Å². The number of hydrogen-bond donors (Lipinski definition) is 1. The maximum absolute atomic E-state index is 11.7. The van der Waals surface area contributed by atoms with Crippen LogP contribution in [0.1, 0.15) is 5.56 Å². The third kappa shape index (κ3) is 1.74. The van der Waals surface area contributed by atoms with Crippen molar-refractivity contribution in [1.29, 1.82) is 0 Å². The number of nitrogens with one attached hydrogen (secondary N) is 1. The van der Waals surface area contributed by atoms with Gasteiger partial charge in [-0.3, -0.25) is 4.79 Å². The van der Waals surface area contributed by atoms with Gasteiger partial charge in [-0.05, 0) is 18.6 Å². The van der Waals surface area contributed by atoms with Gasteiger partial charge in [0.25, 0.3) is 5.56 Å². The van der Waals surface area contributed by atoms with Gasteiger partial charge in [0.15, 0.2) is 0 Å². The molecule has 1 aromatic carbocycles. The molecule has 0 bridgehead atoms. The van der Waals surface area contributed by atoms with Crippen LogP contribution in [-0.2, 0) is 0 Å².